The second-order valence-electron chi connectivity index (χ2n) is 4.14. The molecule has 0 bridgehead atoms. The van der Waals surface area contributed by atoms with Crippen molar-refractivity contribution in [3.05, 3.63) is 22.8 Å². The summed E-state index contributed by atoms with van der Waals surface area (Å²) in [4.78, 5) is 4.07. The highest BCUT2D eigenvalue weighted by Crippen LogP contribution is 2.25. The minimum absolute atomic E-state index is 0.147. The third kappa shape index (κ3) is 2.66. The average molecular weight is 336 g/mol. The Labute approximate surface area is 115 Å². The Bertz CT molecular complexity index is 529. The van der Waals surface area contributed by atoms with Gasteiger partial charge in [-0.25, -0.2) is 4.98 Å². The average Bonchev–Trinajstić information content (AvgIpc) is 2.24. The fourth-order valence-corrected chi connectivity index (χ4v) is 3.03. The normalized spacial score (nSPS) is 17.8. The fourth-order valence-electron chi connectivity index (χ4n) is 1.51. The van der Waals surface area contributed by atoms with E-state index in [2.05, 4.69) is 20.9 Å². The molecule has 8 heteroatoms. The summed E-state index contributed by atoms with van der Waals surface area (Å²) in [5.74, 6) is 0.490. The molecule has 0 unspecified atom stereocenters. The molecule has 0 radical (unpaired) electrons. The lowest BCUT2D eigenvalue weighted by Crippen LogP contribution is -2.58. The summed E-state index contributed by atoms with van der Waals surface area (Å²) in [5, 5.41) is 0. The van der Waals surface area contributed by atoms with Crippen LogP contribution in [-0.4, -0.2) is 55.3 Å². The van der Waals surface area contributed by atoms with Gasteiger partial charge in [-0.15, -0.1) is 0 Å². The first-order valence-electron chi connectivity index (χ1n) is 5.36. The Balaban J connectivity index is 1.93. The van der Waals surface area contributed by atoms with Crippen LogP contribution in [0.3, 0.4) is 0 Å². The van der Waals surface area contributed by atoms with E-state index >= 15 is 0 Å². The molecule has 0 aromatic carbocycles. The van der Waals surface area contributed by atoms with Crippen molar-refractivity contribution < 1.29 is 13.2 Å². The molecule has 1 aromatic rings. The van der Waals surface area contributed by atoms with E-state index in [4.69, 9.17) is 4.74 Å². The first-order chi connectivity index (χ1) is 8.41. The molecule has 2 rings (SSSR count). The van der Waals surface area contributed by atoms with Gasteiger partial charge in [0.2, 0.25) is 5.88 Å². The van der Waals surface area contributed by atoms with E-state index in [0.717, 1.165) is 4.47 Å². The van der Waals surface area contributed by atoms with Crippen molar-refractivity contribution in [3.8, 4) is 5.88 Å². The lowest BCUT2D eigenvalue weighted by Gasteiger charge is -2.38. The summed E-state index contributed by atoms with van der Waals surface area (Å²) >= 11 is 3.33. The highest BCUT2D eigenvalue weighted by atomic mass is 79.9. The summed E-state index contributed by atoms with van der Waals surface area (Å²) in [5.41, 5.74) is 0. The molecular weight excluding hydrogens is 322 g/mol. The van der Waals surface area contributed by atoms with Gasteiger partial charge >= 0.3 is 0 Å². The lowest BCUT2D eigenvalue weighted by atomic mass is 10.2. The van der Waals surface area contributed by atoms with Gasteiger partial charge in [-0.05, 0) is 28.1 Å². The molecule has 0 atom stereocenters. The largest absolute Gasteiger partial charge is 0.471 e. The molecule has 0 spiro atoms. The zero-order valence-electron chi connectivity index (χ0n) is 10.1. The number of rotatable bonds is 4. The van der Waals surface area contributed by atoms with Crippen LogP contribution in [0.2, 0.25) is 0 Å². The Morgan fingerprint density at radius 2 is 2.17 bits per heavy atom. The number of pyridine rings is 1. The Hall–Kier alpha value is -0.700. The van der Waals surface area contributed by atoms with Crippen molar-refractivity contribution in [2.75, 3.05) is 27.2 Å². The van der Waals surface area contributed by atoms with Crippen LogP contribution in [0.1, 0.15) is 0 Å². The second kappa shape index (κ2) is 5.12. The maximum Gasteiger partial charge on any atom is 0.281 e. The summed E-state index contributed by atoms with van der Waals surface area (Å²) in [6.45, 7) is 0.701. The van der Waals surface area contributed by atoms with Crippen molar-refractivity contribution in [2.24, 2.45) is 0 Å². The zero-order valence-corrected chi connectivity index (χ0v) is 12.5. The van der Waals surface area contributed by atoms with Crippen molar-refractivity contribution >= 4 is 26.1 Å². The van der Waals surface area contributed by atoms with E-state index < -0.39 is 10.2 Å². The molecule has 1 saturated heterocycles. The Morgan fingerprint density at radius 1 is 1.50 bits per heavy atom. The van der Waals surface area contributed by atoms with Gasteiger partial charge in [-0.1, -0.05) is 0 Å². The van der Waals surface area contributed by atoms with E-state index in [1.165, 1.54) is 22.7 Å². The van der Waals surface area contributed by atoms with Crippen LogP contribution >= 0.6 is 15.9 Å². The van der Waals surface area contributed by atoms with Crippen LogP contribution in [0.5, 0.6) is 5.88 Å². The highest BCUT2D eigenvalue weighted by molar-refractivity contribution is 9.10. The number of hydrogen-bond donors (Lipinski definition) is 0. The van der Waals surface area contributed by atoms with Crippen molar-refractivity contribution in [3.63, 3.8) is 0 Å². The third-order valence-corrected chi connectivity index (χ3v) is 5.08. The first-order valence-corrected chi connectivity index (χ1v) is 7.55. The Morgan fingerprint density at radius 3 is 2.72 bits per heavy atom. The SMILES string of the molecule is CN(C)S(=O)(=O)N1CC(Oc2ncccc2Br)C1. The number of hydrogen-bond acceptors (Lipinski definition) is 4. The topological polar surface area (TPSA) is 62.7 Å². The molecule has 6 nitrogen and oxygen atoms in total. The molecular formula is C10H14BrN3O3S. The third-order valence-electron chi connectivity index (χ3n) is 2.61. The molecule has 18 heavy (non-hydrogen) atoms. The van der Waals surface area contributed by atoms with E-state index in [9.17, 15) is 8.42 Å². The molecule has 2 heterocycles. The van der Waals surface area contributed by atoms with Gasteiger partial charge in [0.25, 0.3) is 10.2 Å². The van der Waals surface area contributed by atoms with Crippen molar-refractivity contribution in [2.45, 2.75) is 6.10 Å². The number of aromatic nitrogens is 1. The van der Waals surface area contributed by atoms with Gasteiger partial charge < -0.3 is 4.74 Å². The monoisotopic (exact) mass is 335 g/mol. The van der Waals surface area contributed by atoms with Gasteiger partial charge in [-0.2, -0.15) is 17.0 Å². The van der Waals surface area contributed by atoms with Crippen LogP contribution in [0, 0.1) is 0 Å². The smallest absolute Gasteiger partial charge is 0.281 e. The summed E-state index contributed by atoms with van der Waals surface area (Å²) < 4.78 is 32.4. The molecule has 1 fully saturated rings. The predicted molar refractivity (Wildman–Crippen MR) is 70.5 cm³/mol. The number of nitrogens with zero attached hydrogens (tertiary/aromatic N) is 3. The number of ether oxygens (including phenoxy) is 1. The highest BCUT2D eigenvalue weighted by Gasteiger charge is 2.38. The Kier molecular flexibility index (Phi) is 3.90. The first kappa shape index (κ1) is 13.7. The summed E-state index contributed by atoms with van der Waals surface area (Å²) in [6, 6.07) is 3.62. The number of halogens is 1. The van der Waals surface area contributed by atoms with E-state index in [-0.39, 0.29) is 6.10 Å². The van der Waals surface area contributed by atoms with Crippen molar-refractivity contribution in [1.82, 2.24) is 13.6 Å². The van der Waals surface area contributed by atoms with E-state index in [1.54, 1.807) is 12.3 Å². The van der Waals surface area contributed by atoms with Gasteiger partial charge in [0.05, 0.1) is 17.6 Å². The molecule has 0 N–H and O–H groups in total. The second-order valence-corrected chi connectivity index (χ2v) is 7.13. The van der Waals surface area contributed by atoms with Crippen LogP contribution in [0.15, 0.2) is 22.8 Å². The van der Waals surface area contributed by atoms with Crippen LogP contribution in [0.4, 0.5) is 0 Å². The van der Waals surface area contributed by atoms with E-state index in [0.29, 0.717) is 19.0 Å². The molecule has 1 aliphatic heterocycles. The quantitative estimate of drug-likeness (QED) is 0.813. The minimum atomic E-state index is -3.32. The lowest BCUT2D eigenvalue weighted by molar-refractivity contribution is 0.0680. The summed E-state index contributed by atoms with van der Waals surface area (Å²) in [6.07, 6.45) is 1.48. The minimum Gasteiger partial charge on any atom is -0.471 e. The molecule has 1 aliphatic rings. The maximum atomic E-state index is 11.7. The van der Waals surface area contributed by atoms with Gasteiger partial charge in [0, 0.05) is 20.3 Å². The van der Waals surface area contributed by atoms with Crippen LogP contribution in [0.25, 0.3) is 0 Å². The maximum absolute atomic E-state index is 11.7. The molecule has 0 amide bonds. The molecule has 0 aliphatic carbocycles. The zero-order chi connectivity index (χ0) is 13.3. The standard InChI is InChI=1S/C10H14BrN3O3S/c1-13(2)18(15,16)14-6-8(7-14)17-10-9(11)4-3-5-12-10/h3-5,8H,6-7H2,1-2H3. The fraction of sp³-hybridized carbons (Fsp3) is 0.500. The summed E-state index contributed by atoms with van der Waals surface area (Å²) in [7, 11) is -0.295. The molecule has 0 saturated carbocycles. The van der Waals surface area contributed by atoms with Gasteiger partial charge in [0.1, 0.15) is 6.10 Å². The van der Waals surface area contributed by atoms with Crippen LogP contribution in [-0.2, 0) is 10.2 Å². The van der Waals surface area contributed by atoms with E-state index in [1.807, 2.05) is 6.07 Å². The van der Waals surface area contributed by atoms with Crippen molar-refractivity contribution in [1.29, 1.82) is 0 Å². The van der Waals surface area contributed by atoms with Gasteiger partial charge in [0.15, 0.2) is 0 Å². The van der Waals surface area contributed by atoms with Gasteiger partial charge in [-0.3, -0.25) is 0 Å². The van der Waals surface area contributed by atoms with Crippen LogP contribution < -0.4 is 4.74 Å². The molecule has 100 valence electrons. The predicted octanol–water partition coefficient (Wildman–Crippen LogP) is 0.714. The molecule has 1 aromatic heterocycles.